The Hall–Kier alpha value is -0.690. The third-order valence-electron chi connectivity index (χ3n) is 3.02. The Morgan fingerprint density at radius 2 is 1.65 bits per heavy atom. The molecule has 2 rings (SSSR count). The van der Waals surface area contributed by atoms with Gasteiger partial charge in [-0.25, -0.2) is 8.37 Å². The zero-order valence-corrected chi connectivity index (χ0v) is 14.9. The third-order valence-corrected chi connectivity index (χ3v) is 6.25. The first-order valence-corrected chi connectivity index (χ1v) is 10.4. The number of Topliss-reactive ketones (excluding diaryl/α,β-unsaturated/α-hetero) is 1. The molecule has 152 valence electrons. The first-order valence-electron chi connectivity index (χ1n) is 6.59. The second-order valence-electron chi connectivity index (χ2n) is 4.98. The van der Waals surface area contributed by atoms with Crippen molar-refractivity contribution < 1.29 is 59.9 Å². The Balaban J connectivity index is 1.79. The Morgan fingerprint density at radius 3 is 2.15 bits per heavy atom. The predicted molar refractivity (Wildman–Crippen MR) is 73.1 cm³/mol. The lowest BCUT2D eigenvalue weighted by Gasteiger charge is -2.09. The SMILES string of the molecule is O=C(C1CC(COS(=O)OCC2COS(=O)(=O)O2)OS1(=O)=O)C(F)(F)F. The van der Waals surface area contributed by atoms with Gasteiger partial charge in [0.2, 0.25) is 0 Å². The molecule has 2 saturated heterocycles. The van der Waals surface area contributed by atoms with Crippen molar-refractivity contribution in [2.24, 2.45) is 0 Å². The minimum Gasteiger partial charge on any atom is -0.288 e. The van der Waals surface area contributed by atoms with Gasteiger partial charge in [-0.1, -0.05) is 0 Å². The highest BCUT2D eigenvalue weighted by molar-refractivity contribution is 7.88. The summed E-state index contributed by atoms with van der Waals surface area (Å²) < 4.78 is 115. The van der Waals surface area contributed by atoms with Crippen LogP contribution in [0.25, 0.3) is 0 Å². The van der Waals surface area contributed by atoms with Crippen molar-refractivity contribution in [1.82, 2.24) is 0 Å². The molecule has 0 bridgehead atoms. The van der Waals surface area contributed by atoms with Gasteiger partial charge in [0.1, 0.15) is 12.2 Å². The monoisotopic (exact) mass is 448 g/mol. The molecule has 4 unspecified atom stereocenters. The molecule has 17 heteroatoms. The molecule has 4 atom stereocenters. The maximum Gasteiger partial charge on any atom is 0.451 e. The van der Waals surface area contributed by atoms with Crippen LogP contribution in [0.3, 0.4) is 0 Å². The zero-order chi connectivity index (χ0) is 19.8. The molecule has 11 nitrogen and oxygen atoms in total. The van der Waals surface area contributed by atoms with Gasteiger partial charge in [-0.2, -0.15) is 34.2 Å². The summed E-state index contributed by atoms with van der Waals surface area (Å²) >= 11 is -2.51. The molecule has 0 saturated carbocycles. The van der Waals surface area contributed by atoms with E-state index in [1.54, 1.807) is 0 Å². The topological polar surface area (TPSA) is 149 Å². The number of ketones is 1. The van der Waals surface area contributed by atoms with E-state index in [1.807, 2.05) is 0 Å². The van der Waals surface area contributed by atoms with Crippen LogP contribution in [0.15, 0.2) is 0 Å². The van der Waals surface area contributed by atoms with Gasteiger partial charge in [-0.15, -0.1) is 0 Å². The van der Waals surface area contributed by atoms with Crippen LogP contribution >= 0.6 is 0 Å². The second kappa shape index (κ2) is 7.74. The Labute approximate surface area is 148 Å². The van der Waals surface area contributed by atoms with E-state index in [2.05, 4.69) is 20.9 Å². The van der Waals surface area contributed by atoms with Gasteiger partial charge in [0.15, 0.2) is 5.25 Å². The average molecular weight is 448 g/mol. The van der Waals surface area contributed by atoms with Crippen molar-refractivity contribution in [2.75, 3.05) is 19.8 Å². The average Bonchev–Trinajstić information content (AvgIpc) is 2.99. The van der Waals surface area contributed by atoms with E-state index in [0.29, 0.717) is 0 Å². The molecule has 2 aliphatic heterocycles. The van der Waals surface area contributed by atoms with E-state index in [4.69, 9.17) is 0 Å². The van der Waals surface area contributed by atoms with E-state index in [0.717, 1.165) is 0 Å². The summed E-state index contributed by atoms with van der Waals surface area (Å²) in [5.41, 5.74) is 0. The quantitative estimate of drug-likeness (QED) is 0.436. The Morgan fingerprint density at radius 1 is 1.08 bits per heavy atom. The Kier molecular flexibility index (Phi) is 6.43. The first kappa shape index (κ1) is 21.6. The molecule has 0 aromatic carbocycles. The predicted octanol–water partition coefficient (Wildman–Crippen LogP) is -1.12. The molecule has 0 aromatic rings. The lowest BCUT2D eigenvalue weighted by atomic mass is 10.1. The summed E-state index contributed by atoms with van der Waals surface area (Å²) in [5.74, 6) is -2.48. The maximum absolute atomic E-state index is 12.4. The standard InChI is InChI=1S/C9H11F3O11S3/c10-9(11,12)8(13)7-1-5(22-25(7,15)16)2-19-24(14)20-3-6-4-21-26(17,18)23-6/h5-7H,1-4H2. The molecule has 0 N–H and O–H groups in total. The van der Waals surface area contributed by atoms with Crippen LogP contribution < -0.4 is 0 Å². The van der Waals surface area contributed by atoms with Crippen molar-refractivity contribution in [3.05, 3.63) is 0 Å². The van der Waals surface area contributed by atoms with Crippen LogP contribution in [0, 0.1) is 0 Å². The number of rotatable bonds is 7. The number of halogens is 3. The van der Waals surface area contributed by atoms with Crippen LogP contribution in [0.4, 0.5) is 13.2 Å². The smallest absolute Gasteiger partial charge is 0.288 e. The number of carbonyl (C=O) groups excluding carboxylic acids is 1. The lowest BCUT2D eigenvalue weighted by Crippen LogP contribution is -2.37. The van der Waals surface area contributed by atoms with E-state index in [1.165, 1.54) is 0 Å². The molecule has 2 heterocycles. The van der Waals surface area contributed by atoms with E-state index in [-0.39, 0.29) is 6.61 Å². The summed E-state index contributed by atoms with van der Waals surface area (Å²) in [6.07, 6.45) is -8.75. The number of carbonyl (C=O) groups is 1. The molecule has 0 aliphatic carbocycles. The molecular weight excluding hydrogens is 437 g/mol. The van der Waals surface area contributed by atoms with Gasteiger partial charge < -0.3 is 0 Å². The first-order chi connectivity index (χ1) is 11.8. The maximum atomic E-state index is 12.4. The molecule has 0 amide bonds. The number of hydrogen-bond acceptors (Lipinski definition) is 11. The van der Waals surface area contributed by atoms with Crippen LogP contribution in [0.5, 0.6) is 0 Å². The number of hydrogen-bond donors (Lipinski definition) is 0. The molecule has 0 aromatic heterocycles. The fourth-order valence-corrected chi connectivity index (χ4v) is 4.83. The fourth-order valence-electron chi connectivity index (χ4n) is 1.92. The van der Waals surface area contributed by atoms with Crippen LogP contribution in [0.1, 0.15) is 6.42 Å². The van der Waals surface area contributed by atoms with Crippen LogP contribution in [-0.4, -0.2) is 70.3 Å². The molecule has 2 aliphatic rings. The summed E-state index contributed by atoms with van der Waals surface area (Å²) in [5, 5.41) is -2.43. The van der Waals surface area contributed by atoms with E-state index >= 15 is 0 Å². The molecular formula is C9H11F3O11S3. The highest BCUT2D eigenvalue weighted by atomic mass is 32.3. The van der Waals surface area contributed by atoms with Crippen molar-refractivity contribution in [2.45, 2.75) is 30.1 Å². The van der Waals surface area contributed by atoms with Gasteiger partial charge in [-0.3, -0.25) is 17.3 Å². The normalized spacial score (nSPS) is 31.7. The number of alkyl halides is 3. The second-order valence-corrected chi connectivity index (χ2v) is 8.85. The lowest BCUT2D eigenvalue weighted by molar-refractivity contribution is -0.170. The van der Waals surface area contributed by atoms with Crippen LogP contribution in [-0.2, 0) is 57.6 Å². The molecule has 2 fully saturated rings. The van der Waals surface area contributed by atoms with Gasteiger partial charge >= 0.3 is 27.9 Å². The molecule has 26 heavy (non-hydrogen) atoms. The van der Waals surface area contributed by atoms with Gasteiger partial charge in [0, 0.05) is 6.42 Å². The Bertz CT molecular complexity index is 774. The summed E-state index contributed by atoms with van der Waals surface area (Å²) in [7, 11) is -8.94. The third kappa shape index (κ3) is 5.65. The fraction of sp³-hybridized carbons (Fsp3) is 0.889. The summed E-state index contributed by atoms with van der Waals surface area (Å²) in [6.45, 7) is -1.66. The van der Waals surface area contributed by atoms with Crippen molar-refractivity contribution in [3.8, 4) is 0 Å². The van der Waals surface area contributed by atoms with Gasteiger partial charge in [0.05, 0.1) is 19.8 Å². The van der Waals surface area contributed by atoms with Crippen LogP contribution in [0.2, 0.25) is 0 Å². The van der Waals surface area contributed by atoms with Gasteiger partial charge in [-0.05, 0) is 0 Å². The highest BCUT2D eigenvalue weighted by Crippen LogP contribution is 2.31. The van der Waals surface area contributed by atoms with Gasteiger partial charge in [0.25, 0.3) is 15.9 Å². The van der Waals surface area contributed by atoms with Crippen molar-refractivity contribution in [1.29, 1.82) is 0 Å². The molecule has 0 spiro atoms. The summed E-state index contributed by atoms with van der Waals surface area (Å²) in [6, 6.07) is 0. The zero-order valence-electron chi connectivity index (χ0n) is 12.4. The van der Waals surface area contributed by atoms with Crippen molar-refractivity contribution in [3.63, 3.8) is 0 Å². The minimum atomic E-state index is -5.35. The summed E-state index contributed by atoms with van der Waals surface area (Å²) in [4.78, 5) is 11.1. The molecule has 0 radical (unpaired) electrons. The van der Waals surface area contributed by atoms with Crippen molar-refractivity contribution >= 4 is 37.7 Å². The largest absolute Gasteiger partial charge is 0.451 e. The van der Waals surface area contributed by atoms with E-state index < -0.39 is 80.9 Å². The van der Waals surface area contributed by atoms with E-state index in [9.17, 15) is 39.0 Å². The minimum absolute atomic E-state index is 0.384. The highest BCUT2D eigenvalue weighted by Gasteiger charge is 2.54.